The van der Waals surface area contributed by atoms with E-state index >= 15 is 0 Å². The molecule has 24 heavy (non-hydrogen) atoms. The maximum absolute atomic E-state index is 5.41. The average Bonchev–Trinajstić information content (AvgIpc) is 2.59. The smallest absolute Gasteiger partial charge is 0.151 e. The standard InChI is InChI=1S/C18H29N5O/c1-21(6-7-22-8-10-24-11-9-22)16-13-23(14-16)18-12-15-4-2-3-5-17(15)19-20-18/h12,16H,2-11,13-14H2,1H3. The number of fused-ring (bicyclic) bond motifs is 1. The van der Waals surface area contributed by atoms with E-state index in [9.17, 15) is 0 Å². The van der Waals surface area contributed by atoms with Gasteiger partial charge in [0.25, 0.3) is 0 Å². The van der Waals surface area contributed by atoms with E-state index in [0.717, 1.165) is 64.7 Å². The lowest BCUT2D eigenvalue weighted by Crippen LogP contribution is -2.59. The van der Waals surface area contributed by atoms with Crippen LogP contribution in [-0.2, 0) is 17.6 Å². The summed E-state index contributed by atoms with van der Waals surface area (Å²) >= 11 is 0. The third-order valence-electron chi connectivity index (χ3n) is 5.74. The van der Waals surface area contributed by atoms with Crippen LogP contribution in [0.4, 0.5) is 5.82 Å². The van der Waals surface area contributed by atoms with Crippen molar-refractivity contribution in [3.05, 3.63) is 17.3 Å². The first kappa shape index (κ1) is 16.2. The highest BCUT2D eigenvalue weighted by Gasteiger charge is 2.31. The molecule has 2 aliphatic heterocycles. The zero-order valence-corrected chi connectivity index (χ0v) is 14.8. The van der Waals surface area contributed by atoms with Crippen molar-refractivity contribution in [1.82, 2.24) is 20.0 Å². The first-order valence-electron chi connectivity index (χ1n) is 9.40. The molecular weight excluding hydrogens is 302 g/mol. The van der Waals surface area contributed by atoms with Crippen LogP contribution in [0.15, 0.2) is 6.07 Å². The van der Waals surface area contributed by atoms with Crippen LogP contribution in [0.5, 0.6) is 0 Å². The first-order valence-corrected chi connectivity index (χ1v) is 9.40. The van der Waals surface area contributed by atoms with Gasteiger partial charge in [-0.1, -0.05) is 0 Å². The molecule has 0 spiro atoms. The summed E-state index contributed by atoms with van der Waals surface area (Å²) in [5, 5.41) is 8.93. The monoisotopic (exact) mass is 331 g/mol. The molecule has 0 saturated carbocycles. The van der Waals surface area contributed by atoms with Crippen LogP contribution >= 0.6 is 0 Å². The van der Waals surface area contributed by atoms with E-state index in [-0.39, 0.29) is 0 Å². The summed E-state index contributed by atoms with van der Waals surface area (Å²) in [5.74, 6) is 1.08. The Morgan fingerprint density at radius 2 is 1.96 bits per heavy atom. The molecule has 0 unspecified atom stereocenters. The number of likely N-dealkylation sites (N-methyl/N-ethyl adjacent to an activating group) is 1. The number of rotatable bonds is 5. The average molecular weight is 331 g/mol. The van der Waals surface area contributed by atoms with Gasteiger partial charge in [-0.05, 0) is 44.4 Å². The van der Waals surface area contributed by atoms with Crippen molar-refractivity contribution in [3.8, 4) is 0 Å². The van der Waals surface area contributed by atoms with Crippen molar-refractivity contribution in [1.29, 1.82) is 0 Å². The van der Waals surface area contributed by atoms with Gasteiger partial charge in [0.1, 0.15) is 0 Å². The topological polar surface area (TPSA) is 44.7 Å². The molecule has 0 atom stereocenters. The number of hydrogen-bond acceptors (Lipinski definition) is 6. The molecule has 0 amide bonds. The van der Waals surface area contributed by atoms with Gasteiger partial charge in [-0.3, -0.25) is 9.80 Å². The van der Waals surface area contributed by atoms with Crippen molar-refractivity contribution in [3.63, 3.8) is 0 Å². The van der Waals surface area contributed by atoms with Gasteiger partial charge >= 0.3 is 0 Å². The maximum Gasteiger partial charge on any atom is 0.151 e. The van der Waals surface area contributed by atoms with Gasteiger partial charge in [0.05, 0.1) is 18.9 Å². The highest BCUT2D eigenvalue weighted by atomic mass is 16.5. The molecule has 6 nitrogen and oxygen atoms in total. The maximum atomic E-state index is 5.41. The van der Waals surface area contributed by atoms with Gasteiger partial charge in [-0.2, -0.15) is 5.10 Å². The first-order chi connectivity index (χ1) is 11.8. The zero-order valence-electron chi connectivity index (χ0n) is 14.8. The SMILES string of the molecule is CN(CCN1CCOCC1)C1CN(c2cc3c(nn2)CCCC3)C1. The number of aromatic nitrogens is 2. The summed E-state index contributed by atoms with van der Waals surface area (Å²) in [6.45, 7) is 8.37. The highest BCUT2D eigenvalue weighted by molar-refractivity contribution is 5.45. The lowest BCUT2D eigenvalue weighted by Gasteiger charge is -2.45. The summed E-state index contributed by atoms with van der Waals surface area (Å²) in [6.07, 6.45) is 4.84. The van der Waals surface area contributed by atoms with E-state index in [1.807, 2.05) is 0 Å². The predicted molar refractivity (Wildman–Crippen MR) is 94.6 cm³/mol. The number of morpholine rings is 1. The van der Waals surface area contributed by atoms with Gasteiger partial charge in [0.15, 0.2) is 5.82 Å². The van der Waals surface area contributed by atoms with Gasteiger partial charge < -0.3 is 9.64 Å². The summed E-state index contributed by atoms with van der Waals surface area (Å²) in [5.41, 5.74) is 2.65. The molecule has 1 aliphatic carbocycles. The minimum Gasteiger partial charge on any atom is -0.379 e. The Labute approximate surface area is 144 Å². The molecule has 0 bridgehead atoms. The van der Waals surface area contributed by atoms with Crippen LogP contribution in [0.25, 0.3) is 0 Å². The van der Waals surface area contributed by atoms with Crippen molar-refractivity contribution in [2.24, 2.45) is 0 Å². The molecular formula is C18H29N5O. The normalized spacial score (nSPS) is 22.5. The van der Waals surface area contributed by atoms with Crippen LogP contribution in [0.3, 0.4) is 0 Å². The van der Waals surface area contributed by atoms with Crippen LogP contribution in [-0.4, -0.2) is 85.6 Å². The van der Waals surface area contributed by atoms with Crippen LogP contribution < -0.4 is 4.90 Å². The quantitative estimate of drug-likeness (QED) is 0.796. The number of hydrogen-bond donors (Lipinski definition) is 0. The van der Waals surface area contributed by atoms with Crippen molar-refractivity contribution in [2.75, 3.05) is 64.4 Å². The summed E-state index contributed by atoms with van der Waals surface area (Å²) < 4.78 is 5.41. The van der Waals surface area contributed by atoms with E-state index in [1.54, 1.807) is 0 Å². The third kappa shape index (κ3) is 3.55. The number of nitrogens with zero attached hydrogens (tertiary/aromatic N) is 5. The molecule has 2 fully saturated rings. The van der Waals surface area contributed by atoms with E-state index in [4.69, 9.17) is 4.74 Å². The molecule has 1 aromatic heterocycles. The fraction of sp³-hybridized carbons (Fsp3) is 0.778. The number of aryl methyl sites for hydroxylation is 2. The highest BCUT2D eigenvalue weighted by Crippen LogP contribution is 2.25. The fourth-order valence-electron chi connectivity index (χ4n) is 3.86. The largest absolute Gasteiger partial charge is 0.379 e. The third-order valence-corrected chi connectivity index (χ3v) is 5.74. The molecule has 0 radical (unpaired) electrons. The Morgan fingerprint density at radius 3 is 2.79 bits per heavy atom. The molecule has 4 rings (SSSR count). The van der Waals surface area contributed by atoms with Gasteiger partial charge in [-0.25, -0.2) is 0 Å². The molecule has 3 aliphatic rings. The Hall–Kier alpha value is -1.24. The second kappa shape index (κ2) is 7.33. The van der Waals surface area contributed by atoms with Gasteiger partial charge in [-0.15, -0.1) is 5.10 Å². The summed E-state index contributed by atoms with van der Waals surface area (Å²) in [7, 11) is 2.25. The molecule has 3 heterocycles. The minimum atomic E-state index is 0.642. The second-order valence-corrected chi connectivity index (χ2v) is 7.38. The zero-order chi connectivity index (χ0) is 16.4. The number of ether oxygens (including phenoxy) is 1. The molecule has 6 heteroatoms. The van der Waals surface area contributed by atoms with Gasteiger partial charge in [0.2, 0.25) is 0 Å². The predicted octanol–water partition coefficient (Wildman–Crippen LogP) is 0.808. The molecule has 2 saturated heterocycles. The fourth-order valence-corrected chi connectivity index (χ4v) is 3.86. The molecule has 0 N–H and O–H groups in total. The van der Waals surface area contributed by atoms with Crippen molar-refractivity contribution in [2.45, 2.75) is 31.7 Å². The van der Waals surface area contributed by atoms with Crippen LogP contribution in [0, 0.1) is 0 Å². The summed E-state index contributed by atoms with van der Waals surface area (Å²) in [6, 6.07) is 2.93. The Kier molecular flexibility index (Phi) is 4.96. The molecule has 0 aromatic carbocycles. The van der Waals surface area contributed by atoms with E-state index < -0.39 is 0 Å². The van der Waals surface area contributed by atoms with Crippen LogP contribution in [0.1, 0.15) is 24.1 Å². The lowest BCUT2D eigenvalue weighted by atomic mass is 9.96. The Morgan fingerprint density at radius 1 is 1.17 bits per heavy atom. The van der Waals surface area contributed by atoms with E-state index in [2.05, 4.69) is 38.0 Å². The summed E-state index contributed by atoms with van der Waals surface area (Å²) in [4.78, 5) is 7.38. The molecule has 132 valence electrons. The van der Waals surface area contributed by atoms with Gasteiger partial charge in [0, 0.05) is 45.3 Å². The Bertz CT molecular complexity index is 554. The minimum absolute atomic E-state index is 0.642. The van der Waals surface area contributed by atoms with Crippen molar-refractivity contribution >= 4 is 5.82 Å². The van der Waals surface area contributed by atoms with E-state index in [1.165, 1.54) is 30.5 Å². The van der Waals surface area contributed by atoms with Crippen LogP contribution in [0.2, 0.25) is 0 Å². The lowest BCUT2D eigenvalue weighted by molar-refractivity contribution is 0.0318. The van der Waals surface area contributed by atoms with E-state index in [0.29, 0.717) is 6.04 Å². The Balaban J connectivity index is 1.25. The molecule has 1 aromatic rings. The number of anilines is 1. The van der Waals surface area contributed by atoms with Crippen molar-refractivity contribution < 1.29 is 4.74 Å². The second-order valence-electron chi connectivity index (χ2n) is 7.38.